The highest BCUT2D eigenvalue weighted by Gasteiger charge is 2.03. The van der Waals surface area contributed by atoms with Crippen LogP contribution < -0.4 is 10.6 Å². The molecule has 2 aromatic rings. The lowest BCUT2D eigenvalue weighted by Gasteiger charge is -2.09. The summed E-state index contributed by atoms with van der Waals surface area (Å²) in [6.45, 7) is 4.69. The van der Waals surface area contributed by atoms with Gasteiger partial charge in [-0.1, -0.05) is 12.1 Å². The number of nitrogens with one attached hydrogen (secondary N) is 2. The third-order valence-corrected chi connectivity index (χ3v) is 2.54. The predicted molar refractivity (Wildman–Crippen MR) is 74.5 cm³/mol. The number of rotatable bonds is 5. The number of hydrogen-bond donors (Lipinski definition) is 2. The van der Waals surface area contributed by atoms with Crippen LogP contribution in [-0.4, -0.2) is 28.5 Å². The molecule has 5 heteroatoms. The Kier molecular flexibility index (Phi) is 4.41. The Morgan fingerprint density at radius 2 is 2.00 bits per heavy atom. The number of carbonyl (C=O) groups excluding carboxylic acids is 1. The van der Waals surface area contributed by atoms with Crippen LogP contribution in [0.2, 0.25) is 0 Å². The highest BCUT2D eigenvalue weighted by atomic mass is 16.1. The lowest BCUT2D eigenvalue weighted by molar-refractivity contribution is -0.120. The van der Waals surface area contributed by atoms with E-state index in [1.165, 1.54) is 0 Å². The zero-order valence-electron chi connectivity index (χ0n) is 11.2. The second-order valence-corrected chi connectivity index (χ2v) is 4.68. The first-order chi connectivity index (χ1) is 9.15. The van der Waals surface area contributed by atoms with Crippen LogP contribution in [0, 0.1) is 0 Å². The van der Waals surface area contributed by atoms with Gasteiger partial charge in [0.15, 0.2) is 0 Å². The molecule has 0 unspecified atom stereocenters. The van der Waals surface area contributed by atoms with Crippen molar-refractivity contribution in [2.45, 2.75) is 26.4 Å². The summed E-state index contributed by atoms with van der Waals surface area (Å²) in [6.07, 6.45) is 1.73. The molecule has 0 saturated heterocycles. The molecular formula is C14H18N4O. The molecule has 0 bridgehead atoms. The average Bonchev–Trinajstić information content (AvgIpc) is 2.37. The second-order valence-electron chi connectivity index (χ2n) is 4.68. The van der Waals surface area contributed by atoms with E-state index in [1.807, 2.05) is 38.1 Å². The first kappa shape index (κ1) is 13.4. The lowest BCUT2D eigenvalue weighted by atomic mass is 10.3. The third kappa shape index (κ3) is 3.99. The topological polar surface area (TPSA) is 66.9 Å². The van der Waals surface area contributed by atoms with Crippen LogP contribution in [0.3, 0.4) is 0 Å². The van der Waals surface area contributed by atoms with Gasteiger partial charge < -0.3 is 10.6 Å². The zero-order valence-corrected chi connectivity index (χ0v) is 11.2. The average molecular weight is 258 g/mol. The van der Waals surface area contributed by atoms with Crippen molar-refractivity contribution >= 4 is 16.9 Å². The molecule has 0 saturated carbocycles. The first-order valence-electron chi connectivity index (χ1n) is 6.36. The molecule has 5 nitrogen and oxygen atoms in total. The molecule has 1 aromatic heterocycles. The first-order valence-corrected chi connectivity index (χ1v) is 6.36. The Balaban J connectivity index is 1.89. The van der Waals surface area contributed by atoms with Gasteiger partial charge >= 0.3 is 0 Å². The van der Waals surface area contributed by atoms with Gasteiger partial charge in [-0.3, -0.25) is 9.78 Å². The van der Waals surface area contributed by atoms with Gasteiger partial charge in [0, 0.05) is 12.6 Å². The van der Waals surface area contributed by atoms with Gasteiger partial charge in [-0.05, 0) is 26.0 Å². The van der Waals surface area contributed by atoms with Crippen molar-refractivity contribution in [3.05, 3.63) is 36.2 Å². The number of para-hydroxylation sites is 2. The molecule has 19 heavy (non-hydrogen) atoms. The lowest BCUT2D eigenvalue weighted by Crippen LogP contribution is -2.37. The highest BCUT2D eigenvalue weighted by molar-refractivity contribution is 5.78. The maximum atomic E-state index is 11.4. The Morgan fingerprint density at radius 1 is 1.26 bits per heavy atom. The predicted octanol–water partition coefficient (Wildman–Crippen LogP) is 1.24. The fraction of sp³-hybridized carbons (Fsp3) is 0.357. The summed E-state index contributed by atoms with van der Waals surface area (Å²) in [5.41, 5.74) is 2.58. The molecule has 0 aliphatic heterocycles. The number of carbonyl (C=O) groups is 1. The Hall–Kier alpha value is -2.01. The highest BCUT2D eigenvalue weighted by Crippen LogP contribution is 2.07. The largest absolute Gasteiger partial charge is 0.353 e. The molecule has 1 aromatic carbocycles. The van der Waals surface area contributed by atoms with Crippen molar-refractivity contribution < 1.29 is 4.79 Å². The minimum atomic E-state index is -0.0104. The van der Waals surface area contributed by atoms with E-state index in [0.29, 0.717) is 6.54 Å². The van der Waals surface area contributed by atoms with E-state index in [0.717, 1.165) is 16.7 Å². The third-order valence-electron chi connectivity index (χ3n) is 2.54. The van der Waals surface area contributed by atoms with Crippen LogP contribution in [-0.2, 0) is 11.3 Å². The molecule has 2 rings (SSSR count). The monoisotopic (exact) mass is 258 g/mol. The summed E-state index contributed by atoms with van der Waals surface area (Å²) < 4.78 is 0. The molecule has 1 heterocycles. The Bertz CT molecular complexity index is 568. The minimum Gasteiger partial charge on any atom is -0.353 e. The summed E-state index contributed by atoms with van der Waals surface area (Å²) in [6, 6.07) is 7.89. The van der Waals surface area contributed by atoms with Gasteiger partial charge in [0.25, 0.3) is 0 Å². The molecule has 0 spiro atoms. The van der Waals surface area contributed by atoms with Gasteiger partial charge in [0.1, 0.15) is 0 Å². The molecule has 0 atom stereocenters. The second kappa shape index (κ2) is 6.24. The minimum absolute atomic E-state index is 0.0104. The molecule has 0 aliphatic rings. The number of aromatic nitrogens is 2. The molecule has 1 amide bonds. The summed E-state index contributed by atoms with van der Waals surface area (Å²) in [5.74, 6) is -0.0104. The SMILES string of the molecule is CC(C)NC(=O)CNCc1cnc2ccccc2n1. The number of fused-ring (bicyclic) bond motifs is 1. The maximum absolute atomic E-state index is 11.4. The van der Waals surface area contributed by atoms with Crippen LogP contribution in [0.5, 0.6) is 0 Å². The number of amides is 1. The van der Waals surface area contributed by atoms with Crippen LogP contribution in [0.1, 0.15) is 19.5 Å². The zero-order chi connectivity index (χ0) is 13.7. The summed E-state index contributed by atoms with van der Waals surface area (Å²) in [7, 11) is 0. The maximum Gasteiger partial charge on any atom is 0.234 e. The number of hydrogen-bond acceptors (Lipinski definition) is 4. The van der Waals surface area contributed by atoms with E-state index < -0.39 is 0 Å². The molecule has 0 aliphatic carbocycles. The smallest absolute Gasteiger partial charge is 0.234 e. The van der Waals surface area contributed by atoms with Gasteiger partial charge in [0.2, 0.25) is 5.91 Å². The van der Waals surface area contributed by atoms with Crippen molar-refractivity contribution in [3.63, 3.8) is 0 Å². The Morgan fingerprint density at radius 3 is 2.74 bits per heavy atom. The van der Waals surface area contributed by atoms with Crippen LogP contribution in [0.4, 0.5) is 0 Å². The van der Waals surface area contributed by atoms with Crippen molar-refractivity contribution in [3.8, 4) is 0 Å². The fourth-order valence-electron chi connectivity index (χ4n) is 1.76. The van der Waals surface area contributed by atoms with Crippen molar-refractivity contribution in [2.75, 3.05) is 6.54 Å². The van der Waals surface area contributed by atoms with E-state index in [2.05, 4.69) is 20.6 Å². The van der Waals surface area contributed by atoms with Gasteiger partial charge in [-0.15, -0.1) is 0 Å². The van der Waals surface area contributed by atoms with E-state index in [-0.39, 0.29) is 18.5 Å². The summed E-state index contributed by atoms with van der Waals surface area (Å²) >= 11 is 0. The van der Waals surface area contributed by atoms with Crippen molar-refractivity contribution in [1.82, 2.24) is 20.6 Å². The molecule has 100 valence electrons. The summed E-state index contributed by atoms with van der Waals surface area (Å²) in [5, 5.41) is 5.88. The number of nitrogens with zero attached hydrogens (tertiary/aromatic N) is 2. The van der Waals surface area contributed by atoms with E-state index in [4.69, 9.17) is 0 Å². The summed E-state index contributed by atoms with van der Waals surface area (Å²) in [4.78, 5) is 20.2. The van der Waals surface area contributed by atoms with Gasteiger partial charge in [0.05, 0.1) is 29.5 Å². The molecule has 2 N–H and O–H groups in total. The quantitative estimate of drug-likeness (QED) is 0.847. The van der Waals surface area contributed by atoms with Gasteiger partial charge in [-0.2, -0.15) is 0 Å². The molecule has 0 radical (unpaired) electrons. The van der Waals surface area contributed by atoms with Crippen LogP contribution >= 0.6 is 0 Å². The fourth-order valence-corrected chi connectivity index (χ4v) is 1.76. The number of benzene rings is 1. The van der Waals surface area contributed by atoms with Crippen LogP contribution in [0.25, 0.3) is 11.0 Å². The van der Waals surface area contributed by atoms with Crippen molar-refractivity contribution in [1.29, 1.82) is 0 Å². The van der Waals surface area contributed by atoms with E-state index in [9.17, 15) is 4.79 Å². The van der Waals surface area contributed by atoms with Gasteiger partial charge in [-0.25, -0.2) is 4.98 Å². The van der Waals surface area contributed by atoms with E-state index in [1.54, 1.807) is 6.20 Å². The van der Waals surface area contributed by atoms with Crippen LogP contribution in [0.15, 0.2) is 30.5 Å². The van der Waals surface area contributed by atoms with Crippen molar-refractivity contribution in [2.24, 2.45) is 0 Å². The normalized spacial score (nSPS) is 10.9. The molecular weight excluding hydrogens is 240 g/mol. The molecule has 0 fully saturated rings. The van der Waals surface area contributed by atoms with E-state index >= 15 is 0 Å². The Labute approximate surface area is 112 Å². The standard InChI is InChI=1S/C14H18N4O/c1-10(2)17-14(19)9-15-7-11-8-16-12-5-3-4-6-13(12)18-11/h3-6,8,10,15H,7,9H2,1-2H3,(H,17,19).